The number of H-pyrrole nitrogens is 1. The molecule has 1 aliphatic rings. The first-order valence-electron chi connectivity index (χ1n) is 12.7. The summed E-state index contributed by atoms with van der Waals surface area (Å²) in [6, 6.07) is 38.6. The molecule has 0 amide bonds. The maximum atomic E-state index is 5.38. The Morgan fingerprint density at radius 1 is 0.615 bits per heavy atom. The number of nitrogens with one attached hydrogen (secondary N) is 1. The summed E-state index contributed by atoms with van der Waals surface area (Å²) < 4.78 is 10.7. The van der Waals surface area contributed by atoms with E-state index in [1.807, 2.05) is 84.9 Å². The van der Waals surface area contributed by atoms with Crippen LogP contribution in [0.25, 0.3) is 28.0 Å². The van der Waals surface area contributed by atoms with Gasteiger partial charge >= 0.3 is 0 Å². The maximum absolute atomic E-state index is 5.38. The van der Waals surface area contributed by atoms with Gasteiger partial charge in [0.05, 0.1) is 19.9 Å². The zero-order valence-electron chi connectivity index (χ0n) is 21.8. The van der Waals surface area contributed by atoms with Crippen LogP contribution < -0.4 is 9.47 Å². The Bertz CT molecular complexity index is 1680. The molecule has 39 heavy (non-hydrogen) atoms. The van der Waals surface area contributed by atoms with Crippen molar-refractivity contribution in [3.63, 3.8) is 0 Å². The first kappa shape index (κ1) is 24.2. The van der Waals surface area contributed by atoms with Crippen molar-refractivity contribution in [2.45, 2.75) is 0 Å². The van der Waals surface area contributed by atoms with E-state index in [9.17, 15) is 0 Å². The van der Waals surface area contributed by atoms with E-state index in [1.54, 1.807) is 14.2 Å². The molecule has 0 radical (unpaired) electrons. The van der Waals surface area contributed by atoms with Gasteiger partial charge in [0.15, 0.2) is 5.84 Å². The molecule has 5 aromatic rings. The first-order valence-corrected chi connectivity index (χ1v) is 12.7. The van der Waals surface area contributed by atoms with Crippen LogP contribution in [0.1, 0.15) is 11.1 Å². The molecule has 0 atom stereocenters. The lowest BCUT2D eigenvalue weighted by atomic mass is 10.0. The standard InChI is InChI=1S/C34H27N3O2/c1-38-27-17-13-24(14-18-27)30-22-31(25-11-7-4-8-12-25)35-34(30)37-33-29(23-9-5-3-6-10-23)21-32(36-33)26-15-19-28(39-2)20-16-26/h3-22,36H,1-2H3/b37-34-. The van der Waals surface area contributed by atoms with Gasteiger partial charge in [-0.2, -0.15) is 0 Å². The highest BCUT2D eigenvalue weighted by atomic mass is 16.5. The largest absolute Gasteiger partial charge is 0.497 e. The number of nitrogens with zero attached hydrogens (tertiary/aromatic N) is 2. The molecule has 2 heterocycles. The molecule has 0 saturated carbocycles. The normalized spacial score (nSPS) is 13.7. The molecule has 1 N–H and O–H groups in total. The lowest BCUT2D eigenvalue weighted by Gasteiger charge is -2.06. The lowest BCUT2D eigenvalue weighted by Crippen LogP contribution is -1.96. The molecule has 5 nitrogen and oxygen atoms in total. The van der Waals surface area contributed by atoms with Gasteiger partial charge in [-0.3, -0.25) is 0 Å². The highest BCUT2D eigenvalue weighted by Crippen LogP contribution is 2.37. The number of hydrogen-bond acceptors (Lipinski definition) is 3. The van der Waals surface area contributed by atoms with Crippen LogP contribution in [0.15, 0.2) is 131 Å². The van der Waals surface area contributed by atoms with E-state index in [0.29, 0.717) is 5.84 Å². The molecule has 0 spiro atoms. The van der Waals surface area contributed by atoms with Gasteiger partial charge in [-0.25, -0.2) is 9.98 Å². The zero-order valence-corrected chi connectivity index (χ0v) is 21.8. The van der Waals surface area contributed by atoms with E-state index < -0.39 is 0 Å². The van der Waals surface area contributed by atoms with E-state index in [2.05, 4.69) is 41.4 Å². The van der Waals surface area contributed by atoms with Gasteiger partial charge in [-0.1, -0.05) is 72.8 Å². The van der Waals surface area contributed by atoms with Crippen molar-refractivity contribution < 1.29 is 9.47 Å². The molecule has 0 bridgehead atoms. The number of methoxy groups -OCH3 is 2. The van der Waals surface area contributed by atoms with Crippen LogP contribution in [-0.2, 0) is 0 Å². The second kappa shape index (κ2) is 10.7. The average Bonchev–Trinajstić information content (AvgIpc) is 3.63. The fourth-order valence-corrected chi connectivity index (χ4v) is 4.63. The number of allylic oxidation sites excluding steroid dienone is 1. The number of aliphatic imine (C=N–C) groups is 2. The second-order valence-corrected chi connectivity index (χ2v) is 9.12. The summed E-state index contributed by atoms with van der Waals surface area (Å²) in [5.74, 6) is 3.02. The van der Waals surface area contributed by atoms with E-state index in [1.165, 1.54) is 0 Å². The Hall–Kier alpha value is -5.16. The molecule has 0 fully saturated rings. The summed E-state index contributed by atoms with van der Waals surface area (Å²) in [5, 5.41) is 0. The van der Waals surface area contributed by atoms with Gasteiger partial charge in [0.2, 0.25) is 0 Å². The minimum Gasteiger partial charge on any atom is -0.497 e. The number of hydrogen-bond donors (Lipinski definition) is 1. The molecule has 4 aromatic carbocycles. The minimum atomic E-state index is 0.652. The predicted molar refractivity (Wildman–Crippen MR) is 159 cm³/mol. The predicted octanol–water partition coefficient (Wildman–Crippen LogP) is 7.98. The summed E-state index contributed by atoms with van der Waals surface area (Å²) in [7, 11) is 3.34. The minimum absolute atomic E-state index is 0.652. The molecule has 6 rings (SSSR count). The summed E-state index contributed by atoms with van der Waals surface area (Å²) in [4.78, 5) is 13.7. The Balaban J connectivity index is 1.49. The van der Waals surface area contributed by atoms with Crippen LogP contribution in [0.3, 0.4) is 0 Å². The summed E-state index contributed by atoms with van der Waals surface area (Å²) in [6.45, 7) is 0. The van der Waals surface area contributed by atoms with Gasteiger partial charge < -0.3 is 14.5 Å². The third-order valence-corrected chi connectivity index (χ3v) is 6.72. The van der Waals surface area contributed by atoms with Gasteiger partial charge in [-0.05, 0) is 65.2 Å². The van der Waals surface area contributed by atoms with Gasteiger partial charge in [0.1, 0.15) is 17.3 Å². The van der Waals surface area contributed by atoms with Crippen molar-refractivity contribution in [1.82, 2.24) is 4.98 Å². The van der Waals surface area contributed by atoms with Crippen LogP contribution in [0.4, 0.5) is 5.82 Å². The summed E-state index contributed by atoms with van der Waals surface area (Å²) >= 11 is 0. The highest BCUT2D eigenvalue weighted by molar-refractivity contribution is 6.38. The highest BCUT2D eigenvalue weighted by Gasteiger charge is 2.21. The zero-order chi connectivity index (χ0) is 26.6. The summed E-state index contributed by atoms with van der Waals surface area (Å²) in [6.07, 6.45) is 2.10. The van der Waals surface area contributed by atoms with Crippen LogP contribution >= 0.6 is 0 Å². The molecule has 1 aromatic heterocycles. The second-order valence-electron chi connectivity index (χ2n) is 9.12. The van der Waals surface area contributed by atoms with Crippen LogP contribution in [0.2, 0.25) is 0 Å². The quantitative estimate of drug-likeness (QED) is 0.242. The molecule has 190 valence electrons. The average molecular weight is 510 g/mol. The molecule has 0 aliphatic carbocycles. The number of aromatic amines is 1. The van der Waals surface area contributed by atoms with Crippen molar-refractivity contribution >= 4 is 22.9 Å². The monoisotopic (exact) mass is 509 g/mol. The first-order chi connectivity index (χ1) is 19.2. The van der Waals surface area contributed by atoms with Crippen molar-refractivity contribution in [3.8, 4) is 33.9 Å². The number of ether oxygens (including phenoxy) is 2. The molecular weight excluding hydrogens is 482 g/mol. The van der Waals surface area contributed by atoms with E-state index in [4.69, 9.17) is 19.5 Å². The van der Waals surface area contributed by atoms with E-state index in [-0.39, 0.29) is 0 Å². The molecule has 0 saturated heterocycles. The Morgan fingerprint density at radius 2 is 1.18 bits per heavy atom. The Kier molecular flexibility index (Phi) is 6.62. The van der Waals surface area contributed by atoms with Crippen molar-refractivity contribution in [2.24, 2.45) is 9.98 Å². The van der Waals surface area contributed by atoms with Gasteiger partial charge in [0, 0.05) is 22.4 Å². The van der Waals surface area contributed by atoms with Crippen LogP contribution in [0, 0.1) is 0 Å². The van der Waals surface area contributed by atoms with Crippen LogP contribution in [0.5, 0.6) is 11.5 Å². The SMILES string of the molecule is COc1ccc(C2=CC(c3ccccc3)=N/C2=N\c2[nH]c(-c3ccc(OC)cc3)cc2-c2ccccc2)cc1. The Morgan fingerprint density at radius 3 is 1.77 bits per heavy atom. The van der Waals surface area contributed by atoms with Gasteiger partial charge in [0.25, 0.3) is 0 Å². The molecule has 0 unspecified atom stereocenters. The summed E-state index contributed by atoms with van der Waals surface area (Å²) in [5.41, 5.74) is 8.00. The van der Waals surface area contributed by atoms with Crippen molar-refractivity contribution in [3.05, 3.63) is 132 Å². The van der Waals surface area contributed by atoms with E-state index >= 15 is 0 Å². The Labute approximate surface area is 227 Å². The van der Waals surface area contributed by atoms with E-state index in [0.717, 1.165) is 62.1 Å². The van der Waals surface area contributed by atoms with Crippen molar-refractivity contribution in [1.29, 1.82) is 0 Å². The fraction of sp³-hybridized carbons (Fsp3) is 0.0588. The molecule has 1 aliphatic heterocycles. The maximum Gasteiger partial charge on any atom is 0.162 e. The number of benzene rings is 4. The topological polar surface area (TPSA) is 59.0 Å². The van der Waals surface area contributed by atoms with Crippen molar-refractivity contribution in [2.75, 3.05) is 14.2 Å². The molecular formula is C34H27N3O2. The molecule has 5 heteroatoms. The number of amidine groups is 1. The smallest absolute Gasteiger partial charge is 0.162 e. The third-order valence-electron chi connectivity index (χ3n) is 6.72. The third kappa shape index (κ3) is 5.03. The number of aromatic nitrogens is 1. The van der Waals surface area contributed by atoms with Gasteiger partial charge in [-0.15, -0.1) is 0 Å². The van der Waals surface area contributed by atoms with Crippen LogP contribution in [-0.4, -0.2) is 30.8 Å². The lowest BCUT2D eigenvalue weighted by molar-refractivity contribution is 0.414. The number of rotatable bonds is 7. The fourth-order valence-electron chi connectivity index (χ4n) is 4.63.